The van der Waals surface area contributed by atoms with Crippen LogP contribution in [0.25, 0.3) is 5.65 Å². The summed E-state index contributed by atoms with van der Waals surface area (Å²) in [5, 5.41) is 4.55. The summed E-state index contributed by atoms with van der Waals surface area (Å²) < 4.78 is 1.95. The first-order valence-corrected chi connectivity index (χ1v) is 9.21. The van der Waals surface area contributed by atoms with Crippen LogP contribution >= 0.6 is 0 Å². The van der Waals surface area contributed by atoms with Gasteiger partial charge in [0.15, 0.2) is 5.65 Å². The Balaban J connectivity index is 1.63. The van der Waals surface area contributed by atoms with Crippen LogP contribution in [-0.4, -0.2) is 45.1 Å². The van der Waals surface area contributed by atoms with Crippen LogP contribution in [0.4, 0.5) is 5.82 Å². The summed E-state index contributed by atoms with van der Waals surface area (Å²) in [4.78, 5) is 13.8. The SMILES string of the molecule is Cc1cc(C)n2ncc(CN3CCC[C@H]3c3ccnc(N(C)C)c3)c2n1. The Kier molecular flexibility index (Phi) is 4.36. The smallest absolute Gasteiger partial charge is 0.159 e. The molecule has 0 aliphatic carbocycles. The molecule has 0 unspecified atom stereocenters. The van der Waals surface area contributed by atoms with E-state index in [2.05, 4.69) is 45.0 Å². The molecule has 1 aliphatic rings. The fourth-order valence-corrected chi connectivity index (χ4v) is 3.93. The van der Waals surface area contributed by atoms with Crippen molar-refractivity contribution in [3.63, 3.8) is 0 Å². The molecule has 0 radical (unpaired) electrons. The number of hydrogen-bond acceptors (Lipinski definition) is 5. The van der Waals surface area contributed by atoms with Crippen LogP contribution in [0, 0.1) is 13.8 Å². The Labute approximate surface area is 154 Å². The molecular weight excluding hydrogens is 324 g/mol. The molecule has 3 aromatic rings. The van der Waals surface area contributed by atoms with Crippen LogP contribution in [-0.2, 0) is 6.54 Å². The first-order chi connectivity index (χ1) is 12.5. The molecular formula is C20H26N6. The lowest BCUT2D eigenvalue weighted by Crippen LogP contribution is -2.23. The molecule has 1 saturated heterocycles. The second-order valence-electron chi connectivity index (χ2n) is 7.41. The first-order valence-electron chi connectivity index (χ1n) is 9.21. The van der Waals surface area contributed by atoms with Crippen molar-refractivity contribution in [2.45, 2.75) is 39.3 Å². The zero-order valence-corrected chi connectivity index (χ0v) is 16.0. The molecule has 1 fully saturated rings. The van der Waals surface area contributed by atoms with E-state index in [-0.39, 0.29) is 0 Å². The van der Waals surface area contributed by atoms with E-state index in [0.29, 0.717) is 6.04 Å². The van der Waals surface area contributed by atoms with E-state index >= 15 is 0 Å². The quantitative estimate of drug-likeness (QED) is 0.723. The Morgan fingerprint density at radius 2 is 2.08 bits per heavy atom. The fourth-order valence-electron chi connectivity index (χ4n) is 3.93. The van der Waals surface area contributed by atoms with Gasteiger partial charge in [-0.3, -0.25) is 4.90 Å². The standard InChI is InChI=1S/C20H26N6/c1-14-10-15(2)26-20(23-14)17(12-22-26)13-25-9-5-6-18(25)16-7-8-21-19(11-16)24(3)4/h7-8,10-12,18H,5-6,9,13H2,1-4H3/t18-/m0/s1. The van der Waals surface area contributed by atoms with Crippen molar-refractivity contribution in [1.82, 2.24) is 24.5 Å². The minimum absolute atomic E-state index is 0.428. The summed E-state index contributed by atoms with van der Waals surface area (Å²) >= 11 is 0. The van der Waals surface area contributed by atoms with Gasteiger partial charge in [0.1, 0.15) is 5.82 Å². The number of hydrogen-bond donors (Lipinski definition) is 0. The maximum atomic E-state index is 4.73. The van der Waals surface area contributed by atoms with Gasteiger partial charge >= 0.3 is 0 Å². The molecule has 3 aromatic heterocycles. The lowest BCUT2D eigenvalue weighted by atomic mass is 10.1. The van der Waals surface area contributed by atoms with Crippen molar-refractivity contribution >= 4 is 11.5 Å². The Morgan fingerprint density at radius 1 is 1.23 bits per heavy atom. The molecule has 1 atom stereocenters. The Morgan fingerprint density at radius 3 is 2.88 bits per heavy atom. The van der Waals surface area contributed by atoms with Crippen LogP contribution in [0.1, 0.15) is 41.4 Å². The van der Waals surface area contributed by atoms with Crippen molar-refractivity contribution in [1.29, 1.82) is 0 Å². The number of aryl methyl sites for hydroxylation is 2. The largest absolute Gasteiger partial charge is 0.363 e. The summed E-state index contributed by atoms with van der Waals surface area (Å²) in [6, 6.07) is 6.87. The van der Waals surface area contributed by atoms with Gasteiger partial charge in [-0.15, -0.1) is 0 Å². The second kappa shape index (κ2) is 6.68. The van der Waals surface area contributed by atoms with Gasteiger partial charge in [0.25, 0.3) is 0 Å². The molecule has 0 saturated carbocycles. The van der Waals surface area contributed by atoms with Gasteiger partial charge in [0, 0.05) is 49.8 Å². The van der Waals surface area contributed by atoms with Crippen LogP contribution in [0.3, 0.4) is 0 Å². The lowest BCUT2D eigenvalue weighted by molar-refractivity contribution is 0.249. The van der Waals surface area contributed by atoms with Crippen molar-refractivity contribution < 1.29 is 0 Å². The summed E-state index contributed by atoms with van der Waals surface area (Å²) in [6.07, 6.45) is 6.29. The van der Waals surface area contributed by atoms with E-state index in [1.165, 1.54) is 24.0 Å². The number of anilines is 1. The van der Waals surface area contributed by atoms with Gasteiger partial charge in [-0.05, 0) is 57.0 Å². The molecule has 0 bridgehead atoms. The van der Waals surface area contributed by atoms with Gasteiger partial charge in [-0.25, -0.2) is 14.5 Å². The van der Waals surface area contributed by atoms with E-state index in [1.54, 1.807) is 0 Å². The third-order valence-electron chi connectivity index (χ3n) is 5.20. The number of likely N-dealkylation sites (tertiary alicyclic amines) is 1. The highest BCUT2D eigenvalue weighted by Gasteiger charge is 2.27. The summed E-state index contributed by atoms with van der Waals surface area (Å²) in [7, 11) is 4.07. The third-order valence-corrected chi connectivity index (χ3v) is 5.20. The number of rotatable bonds is 4. The minimum Gasteiger partial charge on any atom is -0.363 e. The summed E-state index contributed by atoms with van der Waals surface area (Å²) in [5.41, 5.74) is 5.70. The van der Waals surface area contributed by atoms with Crippen LogP contribution < -0.4 is 4.90 Å². The third kappa shape index (κ3) is 3.05. The van der Waals surface area contributed by atoms with Crippen LogP contribution in [0.5, 0.6) is 0 Å². The van der Waals surface area contributed by atoms with Gasteiger partial charge in [0.2, 0.25) is 0 Å². The molecule has 0 N–H and O–H groups in total. The molecule has 4 rings (SSSR count). The van der Waals surface area contributed by atoms with Gasteiger partial charge in [0.05, 0.1) is 6.20 Å². The predicted octanol–water partition coefficient (Wildman–Crippen LogP) is 3.14. The molecule has 26 heavy (non-hydrogen) atoms. The van der Waals surface area contributed by atoms with E-state index in [1.807, 2.05) is 37.9 Å². The van der Waals surface area contributed by atoms with E-state index in [9.17, 15) is 0 Å². The molecule has 0 amide bonds. The second-order valence-corrected chi connectivity index (χ2v) is 7.41. The average Bonchev–Trinajstić information content (AvgIpc) is 3.23. The zero-order chi connectivity index (χ0) is 18.3. The highest BCUT2D eigenvalue weighted by Crippen LogP contribution is 2.34. The molecule has 6 heteroatoms. The topological polar surface area (TPSA) is 49.6 Å². The molecule has 4 heterocycles. The predicted molar refractivity (Wildman–Crippen MR) is 103 cm³/mol. The van der Waals surface area contributed by atoms with Crippen molar-refractivity contribution in [2.75, 3.05) is 25.5 Å². The zero-order valence-electron chi connectivity index (χ0n) is 16.0. The van der Waals surface area contributed by atoms with Gasteiger partial charge in [-0.1, -0.05) is 0 Å². The Bertz CT molecular complexity index is 929. The maximum absolute atomic E-state index is 4.73. The van der Waals surface area contributed by atoms with E-state index < -0.39 is 0 Å². The molecule has 136 valence electrons. The average molecular weight is 350 g/mol. The van der Waals surface area contributed by atoms with E-state index in [4.69, 9.17) is 4.98 Å². The number of fused-ring (bicyclic) bond motifs is 1. The van der Waals surface area contributed by atoms with E-state index in [0.717, 1.165) is 35.9 Å². The summed E-state index contributed by atoms with van der Waals surface area (Å²) in [5.74, 6) is 1.01. The number of aromatic nitrogens is 4. The summed E-state index contributed by atoms with van der Waals surface area (Å²) in [6.45, 7) is 6.11. The molecule has 0 aromatic carbocycles. The van der Waals surface area contributed by atoms with Gasteiger partial charge < -0.3 is 4.90 Å². The number of pyridine rings is 1. The van der Waals surface area contributed by atoms with Gasteiger partial charge in [-0.2, -0.15) is 5.10 Å². The Hall–Kier alpha value is -2.47. The minimum atomic E-state index is 0.428. The normalized spacial score (nSPS) is 17.9. The fraction of sp³-hybridized carbons (Fsp3) is 0.450. The molecule has 0 spiro atoms. The van der Waals surface area contributed by atoms with Crippen LogP contribution in [0.2, 0.25) is 0 Å². The maximum Gasteiger partial charge on any atom is 0.159 e. The lowest BCUT2D eigenvalue weighted by Gasteiger charge is -2.25. The first kappa shape index (κ1) is 17.0. The molecule has 6 nitrogen and oxygen atoms in total. The highest BCUT2D eigenvalue weighted by atomic mass is 15.3. The number of nitrogens with zero attached hydrogens (tertiary/aromatic N) is 6. The molecule has 1 aliphatic heterocycles. The highest BCUT2D eigenvalue weighted by molar-refractivity contribution is 5.48. The van der Waals surface area contributed by atoms with Crippen LogP contribution in [0.15, 0.2) is 30.6 Å². The monoisotopic (exact) mass is 350 g/mol. The van der Waals surface area contributed by atoms with Crippen molar-refractivity contribution in [2.24, 2.45) is 0 Å². The van der Waals surface area contributed by atoms with Crippen molar-refractivity contribution in [3.05, 3.63) is 53.1 Å². The van der Waals surface area contributed by atoms with Crippen molar-refractivity contribution in [3.8, 4) is 0 Å².